The van der Waals surface area contributed by atoms with E-state index in [1.54, 1.807) is 0 Å². The van der Waals surface area contributed by atoms with E-state index >= 15 is 0 Å². The number of nitrogens with zero attached hydrogens (tertiary/aromatic N) is 1. The van der Waals surface area contributed by atoms with Crippen LogP contribution in [0.15, 0.2) is 0 Å². The minimum atomic E-state index is 0.0627. The summed E-state index contributed by atoms with van der Waals surface area (Å²) in [5.74, 6) is 0.773. The van der Waals surface area contributed by atoms with Crippen LogP contribution in [0, 0.1) is 22.7 Å². The van der Waals surface area contributed by atoms with Crippen molar-refractivity contribution in [2.75, 3.05) is 13.1 Å². The number of carbonyl (C=O) groups is 2. The van der Waals surface area contributed by atoms with E-state index in [0.717, 1.165) is 6.42 Å². The molecule has 0 radical (unpaired) electrons. The van der Waals surface area contributed by atoms with Crippen LogP contribution in [-0.2, 0) is 9.59 Å². The molecule has 18 heavy (non-hydrogen) atoms. The highest BCUT2D eigenvalue weighted by Gasteiger charge is 2.68. The van der Waals surface area contributed by atoms with Crippen LogP contribution in [0.1, 0.15) is 47.5 Å². The second kappa shape index (κ2) is 4.07. The van der Waals surface area contributed by atoms with Gasteiger partial charge in [-0.2, -0.15) is 0 Å². The Morgan fingerprint density at radius 1 is 1.28 bits per heavy atom. The lowest BCUT2D eigenvalue weighted by molar-refractivity contribution is -0.139. The van der Waals surface area contributed by atoms with Crippen LogP contribution < -0.4 is 0 Å². The first-order valence-corrected chi connectivity index (χ1v) is 7.05. The number of piperidine rings is 1. The van der Waals surface area contributed by atoms with Gasteiger partial charge in [-0.25, -0.2) is 0 Å². The molecule has 0 N–H and O–H groups in total. The number of ketones is 1. The summed E-state index contributed by atoms with van der Waals surface area (Å²) in [6.45, 7) is 12.0. The molecule has 1 amide bonds. The van der Waals surface area contributed by atoms with Crippen LogP contribution in [0.4, 0.5) is 0 Å². The molecule has 3 nitrogen and oxygen atoms in total. The van der Waals surface area contributed by atoms with Crippen molar-refractivity contribution in [3.8, 4) is 0 Å². The first-order chi connectivity index (χ1) is 8.23. The summed E-state index contributed by atoms with van der Waals surface area (Å²) in [6.07, 6.45) is 1.39. The molecule has 2 aliphatic rings. The van der Waals surface area contributed by atoms with Gasteiger partial charge in [-0.05, 0) is 17.3 Å². The van der Waals surface area contributed by atoms with Gasteiger partial charge in [-0.1, -0.05) is 34.6 Å². The maximum absolute atomic E-state index is 12.6. The maximum Gasteiger partial charge on any atom is 0.226 e. The molecule has 0 aromatic heterocycles. The Morgan fingerprint density at radius 3 is 2.28 bits per heavy atom. The number of hydrogen-bond acceptors (Lipinski definition) is 2. The van der Waals surface area contributed by atoms with E-state index in [4.69, 9.17) is 0 Å². The average molecular weight is 251 g/mol. The fraction of sp³-hybridized carbons (Fsp3) is 0.867. The van der Waals surface area contributed by atoms with Gasteiger partial charge < -0.3 is 4.90 Å². The SMILES string of the molecule is CCC1CN(C(=O)C2C(C)(C)C2(C)C)CCC1=O. The number of carbonyl (C=O) groups excluding carboxylic acids is 2. The van der Waals surface area contributed by atoms with Gasteiger partial charge in [0, 0.05) is 31.3 Å². The van der Waals surface area contributed by atoms with Crippen molar-refractivity contribution in [2.45, 2.75) is 47.5 Å². The Bertz CT molecular complexity index is 370. The van der Waals surface area contributed by atoms with Gasteiger partial charge in [0.25, 0.3) is 0 Å². The molecule has 0 aromatic carbocycles. The molecule has 1 aliphatic heterocycles. The van der Waals surface area contributed by atoms with Crippen LogP contribution in [0.2, 0.25) is 0 Å². The minimum Gasteiger partial charge on any atom is -0.341 e. The average Bonchev–Trinajstić information content (AvgIpc) is 2.69. The molecule has 1 unspecified atom stereocenters. The molecular formula is C15H25NO2. The van der Waals surface area contributed by atoms with Crippen LogP contribution >= 0.6 is 0 Å². The van der Waals surface area contributed by atoms with Gasteiger partial charge in [-0.15, -0.1) is 0 Å². The van der Waals surface area contributed by atoms with Crippen molar-refractivity contribution in [3.05, 3.63) is 0 Å². The summed E-state index contributed by atoms with van der Waals surface area (Å²) >= 11 is 0. The van der Waals surface area contributed by atoms with E-state index < -0.39 is 0 Å². The Balaban J connectivity index is 2.06. The number of hydrogen-bond donors (Lipinski definition) is 0. The maximum atomic E-state index is 12.6. The van der Waals surface area contributed by atoms with Crippen LogP contribution in [0.5, 0.6) is 0 Å². The lowest BCUT2D eigenvalue weighted by Gasteiger charge is -2.32. The standard InChI is InChI=1S/C15H25NO2/c1-6-10-9-16(8-7-11(10)17)13(18)12-14(2,3)15(12,4)5/h10,12H,6-9H2,1-5H3. The number of likely N-dealkylation sites (tertiary alicyclic amines) is 1. The fourth-order valence-electron chi connectivity index (χ4n) is 3.46. The quantitative estimate of drug-likeness (QED) is 0.756. The zero-order valence-corrected chi connectivity index (χ0v) is 12.2. The lowest BCUT2D eigenvalue weighted by atomic mass is 9.93. The second-order valence-corrected chi connectivity index (χ2v) is 6.98. The highest BCUT2D eigenvalue weighted by molar-refractivity contribution is 5.88. The summed E-state index contributed by atoms with van der Waals surface area (Å²) in [4.78, 5) is 26.2. The summed E-state index contributed by atoms with van der Waals surface area (Å²) in [5.41, 5.74) is 0.181. The number of Topliss-reactive ketones (excluding diaryl/α,β-unsaturated/α-hetero) is 1. The lowest BCUT2D eigenvalue weighted by Crippen LogP contribution is -2.45. The molecule has 2 fully saturated rings. The third-order valence-electron chi connectivity index (χ3n) is 5.60. The van der Waals surface area contributed by atoms with Gasteiger partial charge in [0.15, 0.2) is 0 Å². The van der Waals surface area contributed by atoms with Crippen LogP contribution in [-0.4, -0.2) is 29.7 Å². The molecule has 3 heteroatoms. The minimum absolute atomic E-state index is 0.0627. The van der Waals surface area contributed by atoms with Crippen molar-refractivity contribution in [1.82, 2.24) is 4.90 Å². The highest BCUT2D eigenvalue weighted by atomic mass is 16.2. The Kier molecular flexibility index (Phi) is 3.07. The predicted molar refractivity (Wildman–Crippen MR) is 71.0 cm³/mol. The Morgan fingerprint density at radius 2 is 1.83 bits per heavy atom. The summed E-state index contributed by atoms with van der Waals surface area (Å²) in [7, 11) is 0. The van der Waals surface area contributed by atoms with Gasteiger partial charge in [0.1, 0.15) is 5.78 Å². The molecule has 0 aromatic rings. The third-order valence-corrected chi connectivity index (χ3v) is 5.60. The van der Waals surface area contributed by atoms with Gasteiger partial charge >= 0.3 is 0 Å². The molecule has 1 saturated carbocycles. The summed E-state index contributed by atoms with van der Waals surface area (Å²) in [5, 5.41) is 0. The van der Waals surface area contributed by atoms with E-state index in [0.29, 0.717) is 25.3 Å². The van der Waals surface area contributed by atoms with Crippen LogP contribution in [0.3, 0.4) is 0 Å². The smallest absolute Gasteiger partial charge is 0.226 e. The van der Waals surface area contributed by atoms with E-state index in [-0.39, 0.29) is 28.6 Å². The molecular weight excluding hydrogens is 226 g/mol. The number of rotatable bonds is 2. The monoisotopic (exact) mass is 251 g/mol. The van der Waals surface area contributed by atoms with Crippen molar-refractivity contribution >= 4 is 11.7 Å². The Labute approximate surface area is 110 Å². The molecule has 1 saturated heterocycles. The molecule has 1 heterocycles. The summed E-state index contributed by atoms with van der Waals surface area (Å²) < 4.78 is 0. The third kappa shape index (κ3) is 1.79. The van der Waals surface area contributed by atoms with Gasteiger partial charge in [-0.3, -0.25) is 9.59 Å². The van der Waals surface area contributed by atoms with Gasteiger partial charge in [0.2, 0.25) is 5.91 Å². The van der Waals surface area contributed by atoms with E-state index in [1.165, 1.54) is 0 Å². The summed E-state index contributed by atoms with van der Waals surface area (Å²) in [6, 6.07) is 0. The Hall–Kier alpha value is -0.860. The largest absolute Gasteiger partial charge is 0.341 e. The van der Waals surface area contributed by atoms with E-state index in [9.17, 15) is 9.59 Å². The normalized spacial score (nSPS) is 30.4. The molecule has 0 bridgehead atoms. The molecule has 1 atom stereocenters. The van der Waals surface area contributed by atoms with E-state index in [1.807, 2.05) is 11.8 Å². The van der Waals surface area contributed by atoms with Crippen molar-refractivity contribution in [1.29, 1.82) is 0 Å². The zero-order valence-electron chi connectivity index (χ0n) is 12.2. The first-order valence-electron chi connectivity index (χ1n) is 7.05. The zero-order chi connectivity index (χ0) is 13.7. The van der Waals surface area contributed by atoms with Crippen molar-refractivity contribution in [2.24, 2.45) is 22.7 Å². The fourth-order valence-corrected chi connectivity index (χ4v) is 3.46. The van der Waals surface area contributed by atoms with Crippen molar-refractivity contribution in [3.63, 3.8) is 0 Å². The topological polar surface area (TPSA) is 37.4 Å². The molecule has 0 spiro atoms. The molecule has 102 valence electrons. The molecule has 2 rings (SSSR count). The van der Waals surface area contributed by atoms with E-state index in [2.05, 4.69) is 27.7 Å². The van der Waals surface area contributed by atoms with Crippen LogP contribution in [0.25, 0.3) is 0 Å². The second-order valence-electron chi connectivity index (χ2n) is 6.98. The first kappa shape index (κ1) is 13.6. The highest BCUT2D eigenvalue weighted by Crippen LogP contribution is 2.68. The number of amides is 1. The molecule has 1 aliphatic carbocycles. The van der Waals surface area contributed by atoms with Crippen molar-refractivity contribution < 1.29 is 9.59 Å². The predicted octanol–water partition coefficient (Wildman–Crippen LogP) is 2.50. The van der Waals surface area contributed by atoms with Gasteiger partial charge in [0.05, 0.1) is 0 Å².